The van der Waals surface area contributed by atoms with E-state index in [1.165, 1.54) is 49.4 Å². The van der Waals surface area contributed by atoms with Crippen LogP contribution in [-0.4, -0.2) is 33.9 Å². The van der Waals surface area contributed by atoms with Crippen molar-refractivity contribution in [3.05, 3.63) is 117 Å². The summed E-state index contributed by atoms with van der Waals surface area (Å²) in [6.07, 6.45) is 1.20. The highest BCUT2D eigenvalue weighted by Gasteiger charge is 2.70. The minimum atomic E-state index is -2.29. The van der Waals surface area contributed by atoms with Gasteiger partial charge in [0.25, 0.3) is 17.0 Å². The van der Waals surface area contributed by atoms with Gasteiger partial charge in [-0.2, -0.15) is 5.10 Å². The lowest BCUT2D eigenvalue weighted by molar-refractivity contribution is -0.384. The molecule has 1 unspecified atom stereocenters. The number of nitro groups is 1. The number of nitrogens with zero attached hydrogens (tertiary/aromatic N) is 3. The van der Waals surface area contributed by atoms with Crippen molar-refractivity contribution in [2.24, 2.45) is 5.10 Å². The quantitative estimate of drug-likeness (QED) is 0.161. The van der Waals surface area contributed by atoms with Gasteiger partial charge in [-0.25, -0.2) is 14.6 Å². The summed E-state index contributed by atoms with van der Waals surface area (Å²) < 4.78 is 17.0. The normalized spacial score (nSPS) is 19.3. The first-order valence-electron chi connectivity index (χ1n) is 12.3. The van der Waals surface area contributed by atoms with Crippen LogP contribution in [0.5, 0.6) is 0 Å². The average Bonchev–Trinajstić information content (AvgIpc) is 3.29. The van der Waals surface area contributed by atoms with Gasteiger partial charge in [-0.15, -0.1) is 0 Å². The van der Waals surface area contributed by atoms with Crippen molar-refractivity contribution in [2.45, 2.75) is 31.1 Å². The van der Waals surface area contributed by atoms with Crippen molar-refractivity contribution in [3.8, 4) is 0 Å². The Morgan fingerprint density at radius 3 is 2.15 bits per heavy atom. The molecular formula is C29H21N3O8. The first-order chi connectivity index (χ1) is 19.1. The molecule has 4 aromatic rings. The smallest absolute Gasteiger partial charge is 0.350 e. The maximum atomic E-state index is 14.0. The predicted molar refractivity (Wildman–Crippen MR) is 143 cm³/mol. The summed E-state index contributed by atoms with van der Waals surface area (Å²) in [6, 6.07) is 20.4. The number of nitro benzene ring substituents is 1. The van der Waals surface area contributed by atoms with Crippen molar-refractivity contribution in [3.63, 3.8) is 0 Å². The number of para-hydroxylation sites is 2. The molecule has 2 aliphatic rings. The van der Waals surface area contributed by atoms with Gasteiger partial charge in [-0.05, 0) is 42.0 Å². The molecule has 11 nitrogen and oxygen atoms in total. The number of carbonyl (C=O) groups excluding carboxylic acids is 2. The topological polar surface area (TPSA) is 142 Å². The Bertz CT molecular complexity index is 1760. The van der Waals surface area contributed by atoms with E-state index in [9.17, 15) is 24.5 Å². The Morgan fingerprint density at radius 2 is 1.50 bits per heavy atom. The van der Waals surface area contributed by atoms with E-state index in [0.717, 1.165) is 0 Å². The van der Waals surface area contributed by atoms with Gasteiger partial charge in [-0.3, -0.25) is 14.9 Å². The van der Waals surface area contributed by atoms with Gasteiger partial charge in [0.15, 0.2) is 5.43 Å². The lowest BCUT2D eigenvalue weighted by Gasteiger charge is -2.44. The molecule has 1 aromatic heterocycles. The number of hydrogen-bond donors (Lipinski definition) is 0. The Kier molecular flexibility index (Phi) is 5.54. The minimum absolute atomic E-state index is 0.0390. The molecule has 3 aromatic carbocycles. The molecule has 0 aliphatic carbocycles. The van der Waals surface area contributed by atoms with Gasteiger partial charge in [0.1, 0.15) is 5.58 Å². The monoisotopic (exact) mass is 539 g/mol. The van der Waals surface area contributed by atoms with E-state index in [1.807, 2.05) is 0 Å². The Balaban J connectivity index is 1.67. The molecule has 0 radical (unpaired) electrons. The number of ether oxygens (including phenoxy) is 2. The summed E-state index contributed by atoms with van der Waals surface area (Å²) in [6.45, 7) is 2.85. The number of carbonyl (C=O) groups is 2. The third kappa shape index (κ3) is 3.66. The third-order valence-electron chi connectivity index (χ3n) is 6.92. The number of esters is 2. The first-order valence-corrected chi connectivity index (χ1v) is 12.3. The maximum Gasteiger partial charge on any atom is 0.350 e. The Labute approximate surface area is 226 Å². The van der Waals surface area contributed by atoms with Gasteiger partial charge in [-0.1, -0.05) is 30.3 Å². The zero-order valence-corrected chi connectivity index (χ0v) is 21.3. The van der Waals surface area contributed by atoms with Crippen molar-refractivity contribution >= 4 is 40.0 Å². The van der Waals surface area contributed by atoms with Crippen LogP contribution < -0.4 is 10.4 Å². The molecule has 200 valence electrons. The third-order valence-corrected chi connectivity index (χ3v) is 6.92. The molecule has 1 atom stereocenters. The van der Waals surface area contributed by atoms with Crippen LogP contribution in [0.15, 0.2) is 99.4 Å². The molecule has 0 saturated carbocycles. The standard InChI is InChI=1S/C29H21N3O8/c1-28(2)39-26(34)29(27(35)40-28)23(21-16-38-22-11-7-6-10-20(22)25(21)33)24(17-12-14-19(15-13-17)32(36)37)30-31(29)18-8-4-3-5-9-18/h3-16,23H,1-2H3. The fraction of sp³-hybridized carbons (Fsp3) is 0.172. The number of fused-ring (bicyclic) bond motifs is 1. The highest BCUT2D eigenvalue weighted by molar-refractivity contribution is 6.22. The zero-order valence-electron chi connectivity index (χ0n) is 21.3. The van der Waals surface area contributed by atoms with Crippen molar-refractivity contribution in [1.29, 1.82) is 0 Å². The van der Waals surface area contributed by atoms with Crippen LogP contribution in [0, 0.1) is 10.1 Å². The number of cyclic esters (lactones) is 2. The first kappa shape index (κ1) is 25.0. The van der Waals surface area contributed by atoms with E-state index in [-0.39, 0.29) is 22.3 Å². The Morgan fingerprint density at radius 1 is 0.875 bits per heavy atom. The number of hydrogen-bond acceptors (Lipinski definition) is 10. The van der Waals surface area contributed by atoms with Crippen LogP contribution in [0.1, 0.15) is 30.9 Å². The van der Waals surface area contributed by atoms with Gasteiger partial charge < -0.3 is 13.9 Å². The van der Waals surface area contributed by atoms with Crippen molar-refractivity contribution in [2.75, 3.05) is 5.01 Å². The van der Waals surface area contributed by atoms with Crippen LogP contribution in [-0.2, 0) is 19.1 Å². The minimum Gasteiger partial charge on any atom is -0.464 e. The molecule has 6 rings (SSSR count). The molecule has 11 heteroatoms. The van der Waals surface area contributed by atoms with Crippen LogP contribution in [0.3, 0.4) is 0 Å². The summed E-state index contributed by atoms with van der Waals surface area (Å²) in [4.78, 5) is 52.8. The molecule has 1 saturated heterocycles. The lowest BCUT2D eigenvalue weighted by atomic mass is 9.74. The van der Waals surface area contributed by atoms with E-state index < -0.39 is 39.5 Å². The predicted octanol–water partition coefficient (Wildman–Crippen LogP) is 4.28. The highest BCUT2D eigenvalue weighted by Crippen LogP contribution is 2.48. The number of non-ortho nitro benzene ring substituents is 1. The molecule has 1 spiro atoms. The van der Waals surface area contributed by atoms with E-state index in [0.29, 0.717) is 16.8 Å². The number of anilines is 1. The lowest BCUT2D eigenvalue weighted by Crippen LogP contribution is -2.67. The Hall–Kier alpha value is -5.32. The van der Waals surface area contributed by atoms with Crippen LogP contribution in [0.2, 0.25) is 0 Å². The van der Waals surface area contributed by atoms with Crippen molar-refractivity contribution in [1.82, 2.24) is 0 Å². The second kappa shape index (κ2) is 8.87. The van der Waals surface area contributed by atoms with Gasteiger partial charge in [0.2, 0.25) is 0 Å². The largest absolute Gasteiger partial charge is 0.464 e. The molecule has 1 fully saturated rings. The van der Waals surface area contributed by atoms with Gasteiger partial charge in [0.05, 0.1) is 33.9 Å². The summed E-state index contributed by atoms with van der Waals surface area (Å²) in [5, 5.41) is 17.4. The molecule has 0 bridgehead atoms. The SMILES string of the molecule is CC1(C)OC(=O)C2(C(=O)O1)C(c1coc3ccccc3c1=O)C(c1ccc([N+](=O)[O-])cc1)=NN2c1ccccc1. The fourth-order valence-corrected chi connectivity index (χ4v) is 5.15. The van der Waals surface area contributed by atoms with E-state index in [4.69, 9.17) is 19.0 Å². The number of benzene rings is 3. The molecule has 0 N–H and O–H groups in total. The summed E-state index contributed by atoms with van der Waals surface area (Å²) in [7, 11) is 0. The molecule has 0 amide bonds. The second-order valence-electron chi connectivity index (χ2n) is 9.83. The number of rotatable bonds is 4. The molecular weight excluding hydrogens is 518 g/mol. The summed E-state index contributed by atoms with van der Waals surface area (Å²) in [5.41, 5.74) is -1.86. The molecule has 2 aliphatic heterocycles. The van der Waals surface area contributed by atoms with Crippen LogP contribution >= 0.6 is 0 Å². The molecule has 3 heterocycles. The zero-order chi connectivity index (χ0) is 28.2. The van der Waals surface area contributed by atoms with Gasteiger partial charge >= 0.3 is 11.9 Å². The summed E-state index contributed by atoms with van der Waals surface area (Å²) >= 11 is 0. The van der Waals surface area contributed by atoms with E-state index in [2.05, 4.69) is 0 Å². The number of hydrazone groups is 1. The maximum absolute atomic E-state index is 14.0. The molecule has 40 heavy (non-hydrogen) atoms. The van der Waals surface area contributed by atoms with Crippen molar-refractivity contribution < 1.29 is 28.4 Å². The average molecular weight is 540 g/mol. The second-order valence-corrected chi connectivity index (χ2v) is 9.83. The van der Waals surface area contributed by atoms with E-state index >= 15 is 0 Å². The summed E-state index contributed by atoms with van der Waals surface area (Å²) in [5.74, 6) is -4.89. The van der Waals surface area contributed by atoms with Crippen LogP contribution in [0.4, 0.5) is 11.4 Å². The fourth-order valence-electron chi connectivity index (χ4n) is 5.15. The van der Waals surface area contributed by atoms with Crippen LogP contribution in [0.25, 0.3) is 11.0 Å². The van der Waals surface area contributed by atoms with E-state index in [1.54, 1.807) is 54.6 Å². The van der Waals surface area contributed by atoms with Gasteiger partial charge in [0, 0.05) is 31.5 Å². The highest BCUT2D eigenvalue weighted by atomic mass is 16.7.